The van der Waals surface area contributed by atoms with Gasteiger partial charge in [-0.3, -0.25) is 9.59 Å². The standard InChI is InChI=1S/C23H19F3N4O3S2/c1-22(2)20(32)30(15-5-7-16(8-6-15)35-23(24,25)26)21(33)29(22)13-14-9-10-27-18(12-14)28-19(31)17-4-3-11-34-17/h3-12H,13H2,1-2H3,(H,27,28,31). The average Bonchev–Trinajstić information content (AvgIpc) is 3.37. The summed E-state index contributed by atoms with van der Waals surface area (Å²) in [5.41, 5.74) is -4.83. The maximum atomic E-state index is 13.2. The third-order valence-corrected chi connectivity index (χ3v) is 6.91. The number of nitrogens with zero attached hydrogens (tertiary/aromatic N) is 3. The number of carbonyl (C=O) groups is 3. The summed E-state index contributed by atoms with van der Waals surface area (Å²) in [6.07, 6.45) is 1.49. The molecule has 7 nitrogen and oxygen atoms in total. The van der Waals surface area contributed by atoms with Crippen molar-refractivity contribution >= 4 is 52.4 Å². The van der Waals surface area contributed by atoms with Crippen molar-refractivity contribution < 1.29 is 27.6 Å². The van der Waals surface area contributed by atoms with Crippen molar-refractivity contribution in [3.05, 3.63) is 70.5 Å². The van der Waals surface area contributed by atoms with Crippen molar-refractivity contribution in [1.29, 1.82) is 0 Å². The third kappa shape index (κ3) is 5.33. The van der Waals surface area contributed by atoms with Crippen molar-refractivity contribution in [2.45, 2.75) is 36.3 Å². The molecule has 0 saturated carbocycles. The van der Waals surface area contributed by atoms with Crippen LogP contribution in [0.5, 0.6) is 0 Å². The van der Waals surface area contributed by atoms with Gasteiger partial charge in [0.25, 0.3) is 11.8 Å². The maximum absolute atomic E-state index is 13.2. The molecule has 0 radical (unpaired) electrons. The third-order valence-electron chi connectivity index (χ3n) is 5.30. The Balaban J connectivity index is 1.52. The number of hydrogen-bond acceptors (Lipinski definition) is 6. The largest absolute Gasteiger partial charge is 0.446 e. The highest BCUT2D eigenvalue weighted by atomic mass is 32.2. The molecule has 1 N–H and O–H groups in total. The Morgan fingerprint density at radius 3 is 2.49 bits per heavy atom. The minimum Gasteiger partial charge on any atom is -0.306 e. The first kappa shape index (κ1) is 24.7. The van der Waals surface area contributed by atoms with Crippen LogP contribution in [0.1, 0.15) is 29.1 Å². The van der Waals surface area contributed by atoms with Crippen LogP contribution < -0.4 is 10.2 Å². The van der Waals surface area contributed by atoms with E-state index in [0.29, 0.717) is 16.3 Å². The first-order valence-corrected chi connectivity index (χ1v) is 12.0. The number of hydrogen-bond donors (Lipinski definition) is 1. The van der Waals surface area contributed by atoms with Crippen LogP contribution in [-0.4, -0.2) is 38.8 Å². The lowest BCUT2D eigenvalue weighted by molar-refractivity contribution is -0.123. The Labute approximate surface area is 206 Å². The zero-order chi connectivity index (χ0) is 25.4. The zero-order valence-electron chi connectivity index (χ0n) is 18.5. The molecule has 1 saturated heterocycles. The molecule has 3 heterocycles. The first-order chi connectivity index (χ1) is 16.5. The molecule has 0 bridgehead atoms. The van der Waals surface area contributed by atoms with Crippen LogP contribution in [0.3, 0.4) is 0 Å². The van der Waals surface area contributed by atoms with E-state index in [0.717, 1.165) is 4.90 Å². The predicted molar refractivity (Wildman–Crippen MR) is 127 cm³/mol. The van der Waals surface area contributed by atoms with Crippen molar-refractivity contribution in [2.75, 3.05) is 10.2 Å². The summed E-state index contributed by atoms with van der Waals surface area (Å²) >= 11 is 1.02. The number of rotatable bonds is 6. The number of imide groups is 1. The molecular formula is C23H19F3N4O3S2. The van der Waals surface area contributed by atoms with Gasteiger partial charge in [-0.1, -0.05) is 6.07 Å². The van der Waals surface area contributed by atoms with Gasteiger partial charge in [-0.05, 0) is 79.0 Å². The van der Waals surface area contributed by atoms with Gasteiger partial charge in [0.15, 0.2) is 0 Å². The number of nitrogens with one attached hydrogen (secondary N) is 1. The van der Waals surface area contributed by atoms with Gasteiger partial charge in [-0.2, -0.15) is 13.2 Å². The fraction of sp³-hybridized carbons (Fsp3) is 0.217. The molecule has 4 rings (SSSR count). The quantitative estimate of drug-likeness (QED) is 0.330. The van der Waals surface area contributed by atoms with Crippen molar-refractivity contribution in [2.24, 2.45) is 0 Å². The number of thioether (sulfide) groups is 1. The summed E-state index contributed by atoms with van der Waals surface area (Å²) in [4.78, 5) is 45.6. The van der Waals surface area contributed by atoms with Gasteiger partial charge in [0.2, 0.25) is 0 Å². The number of amides is 4. The number of carbonyl (C=O) groups excluding carboxylic acids is 3. The maximum Gasteiger partial charge on any atom is 0.446 e. The molecule has 1 fully saturated rings. The Kier molecular flexibility index (Phi) is 6.60. The Hall–Kier alpha value is -3.38. The van der Waals surface area contributed by atoms with Gasteiger partial charge in [0.05, 0.1) is 10.6 Å². The molecule has 1 aliphatic rings. The first-order valence-electron chi connectivity index (χ1n) is 10.3. The second-order valence-electron chi connectivity index (χ2n) is 8.09. The molecule has 0 unspecified atom stereocenters. The molecule has 35 heavy (non-hydrogen) atoms. The SMILES string of the molecule is CC1(C)C(=O)N(c2ccc(SC(F)(F)F)cc2)C(=O)N1Cc1ccnc(NC(=O)c2cccs2)c1. The summed E-state index contributed by atoms with van der Waals surface area (Å²) in [6.45, 7) is 3.25. The molecule has 2 aromatic heterocycles. The molecule has 0 aliphatic carbocycles. The van der Waals surface area contributed by atoms with Gasteiger partial charge < -0.3 is 10.2 Å². The van der Waals surface area contributed by atoms with E-state index in [9.17, 15) is 27.6 Å². The van der Waals surface area contributed by atoms with Gasteiger partial charge in [0, 0.05) is 17.6 Å². The number of thiophene rings is 1. The highest BCUT2D eigenvalue weighted by Crippen LogP contribution is 2.39. The van der Waals surface area contributed by atoms with Crippen LogP contribution in [0.4, 0.5) is 29.5 Å². The molecule has 1 aromatic carbocycles. The van der Waals surface area contributed by atoms with E-state index >= 15 is 0 Å². The van der Waals surface area contributed by atoms with E-state index in [1.807, 2.05) is 0 Å². The van der Waals surface area contributed by atoms with Crippen LogP contribution in [0.2, 0.25) is 0 Å². The van der Waals surface area contributed by atoms with E-state index in [1.54, 1.807) is 43.5 Å². The zero-order valence-corrected chi connectivity index (χ0v) is 20.1. The van der Waals surface area contributed by atoms with E-state index in [-0.39, 0.29) is 34.8 Å². The highest BCUT2D eigenvalue weighted by molar-refractivity contribution is 8.00. The second kappa shape index (κ2) is 9.34. The molecule has 3 aromatic rings. The van der Waals surface area contributed by atoms with Crippen LogP contribution in [0.15, 0.2) is 65.0 Å². The molecule has 182 valence electrons. The van der Waals surface area contributed by atoms with E-state index < -0.39 is 23.0 Å². The van der Waals surface area contributed by atoms with Crippen LogP contribution >= 0.6 is 23.1 Å². The number of halogens is 3. The lowest BCUT2D eigenvalue weighted by Gasteiger charge is -2.27. The number of aromatic nitrogens is 1. The fourth-order valence-corrected chi connectivity index (χ4v) is 4.69. The molecule has 12 heteroatoms. The van der Waals surface area contributed by atoms with Crippen molar-refractivity contribution in [3.63, 3.8) is 0 Å². The Morgan fingerprint density at radius 1 is 1.14 bits per heavy atom. The fourth-order valence-electron chi connectivity index (χ4n) is 3.53. The lowest BCUT2D eigenvalue weighted by Crippen LogP contribution is -2.43. The Morgan fingerprint density at radius 2 is 1.86 bits per heavy atom. The minimum absolute atomic E-state index is 0.0506. The summed E-state index contributed by atoms with van der Waals surface area (Å²) in [5.74, 6) is -0.513. The Bertz CT molecular complexity index is 1260. The number of anilines is 2. The molecular weight excluding hydrogens is 501 g/mol. The molecule has 0 spiro atoms. The number of pyridine rings is 1. The summed E-state index contributed by atoms with van der Waals surface area (Å²) in [6, 6.07) is 11.2. The summed E-state index contributed by atoms with van der Waals surface area (Å²) in [5, 5.41) is 4.49. The van der Waals surface area contributed by atoms with Gasteiger partial charge in [-0.25, -0.2) is 14.7 Å². The second-order valence-corrected chi connectivity index (χ2v) is 10.2. The van der Waals surface area contributed by atoms with Crippen LogP contribution in [-0.2, 0) is 11.3 Å². The number of alkyl halides is 3. The normalized spacial score (nSPS) is 15.6. The van der Waals surface area contributed by atoms with E-state index in [2.05, 4.69) is 10.3 Å². The molecule has 1 aliphatic heterocycles. The molecule has 4 amide bonds. The number of benzene rings is 1. The van der Waals surface area contributed by atoms with E-state index in [4.69, 9.17) is 0 Å². The lowest BCUT2D eigenvalue weighted by atomic mass is 10.0. The van der Waals surface area contributed by atoms with Gasteiger partial charge >= 0.3 is 11.5 Å². The van der Waals surface area contributed by atoms with Gasteiger partial charge in [-0.15, -0.1) is 11.3 Å². The monoisotopic (exact) mass is 520 g/mol. The van der Waals surface area contributed by atoms with Crippen molar-refractivity contribution in [3.8, 4) is 0 Å². The molecule has 0 atom stereocenters. The topological polar surface area (TPSA) is 82.6 Å². The van der Waals surface area contributed by atoms with Gasteiger partial charge in [0.1, 0.15) is 11.4 Å². The summed E-state index contributed by atoms with van der Waals surface area (Å²) < 4.78 is 37.8. The summed E-state index contributed by atoms with van der Waals surface area (Å²) in [7, 11) is 0. The number of urea groups is 1. The van der Waals surface area contributed by atoms with Crippen LogP contribution in [0.25, 0.3) is 0 Å². The smallest absolute Gasteiger partial charge is 0.306 e. The van der Waals surface area contributed by atoms with Crippen molar-refractivity contribution in [1.82, 2.24) is 9.88 Å². The minimum atomic E-state index is -4.44. The van der Waals surface area contributed by atoms with E-state index in [1.165, 1.54) is 46.7 Å². The predicted octanol–water partition coefficient (Wildman–Crippen LogP) is 5.75. The van der Waals surface area contributed by atoms with Crippen LogP contribution in [0, 0.1) is 0 Å². The highest BCUT2D eigenvalue weighted by Gasteiger charge is 2.51. The average molecular weight is 521 g/mol.